The van der Waals surface area contributed by atoms with Gasteiger partial charge in [-0.25, -0.2) is 0 Å². The zero-order valence-corrected chi connectivity index (χ0v) is 13.2. The average molecular weight is 274 g/mol. The maximum Gasteiger partial charge on any atom is 0.0367 e. The standard InChI is InChI=1S/C18H30N2/c1-3-4-6-9-16(2)19-17-10-12-18(13-11-17)20-14-7-5-8-15-20/h10-13,16,19H,3-9,14-15H2,1-2H3. The quantitative estimate of drug-likeness (QED) is 0.699. The van der Waals surface area contributed by atoms with Crippen molar-refractivity contribution in [2.75, 3.05) is 23.3 Å². The molecule has 0 radical (unpaired) electrons. The lowest BCUT2D eigenvalue weighted by molar-refractivity contribution is 0.578. The van der Waals surface area contributed by atoms with Crippen molar-refractivity contribution in [3.05, 3.63) is 24.3 Å². The first-order valence-corrected chi connectivity index (χ1v) is 8.41. The highest BCUT2D eigenvalue weighted by atomic mass is 15.1. The highest BCUT2D eigenvalue weighted by Crippen LogP contribution is 2.22. The van der Waals surface area contributed by atoms with Crippen LogP contribution in [0.2, 0.25) is 0 Å². The summed E-state index contributed by atoms with van der Waals surface area (Å²) < 4.78 is 0. The van der Waals surface area contributed by atoms with Crippen molar-refractivity contribution in [1.82, 2.24) is 0 Å². The third-order valence-corrected chi connectivity index (χ3v) is 4.24. The van der Waals surface area contributed by atoms with Crippen molar-refractivity contribution in [2.24, 2.45) is 0 Å². The Kier molecular flexibility index (Phi) is 6.23. The largest absolute Gasteiger partial charge is 0.383 e. The summed E-state index contributed by atoms with van der Waals surface area (Å²) in [6, 6.07) is 9.58. The molecular weight excluding hydrogens is 244 g/mol. The molecule has 1 fully saturated rings. The van der Waals surface area contributed by atoms with Gasteiger partial charge in [0.25, 0.3) is 0 Å². The van der Waals surface area contributed by atoms with Gasteiger partial charge in [0.1, 0.15) is 0 Å². The maximum absolute atomic E-state index is 3.61. The van der Waals surface area contributed by atoms with Gasteiger partial charge in [-0.3, -0.25) is 0 Å². The summed E-state index contributed by atoms with van der Waals surface area (Å²) >= 11 is 0. The molecule has 1 unspecified atom stereocenters. The molecule has 0 spiro atoms. The molecule has 1 aromatic rings. The highest BCUT2D eigenvalue weighted by molar-refractivity contribution is 5.55. The van der Waals surface area contributed by atoms with E-state index in [1.165, 1.54) is 69.4 Å². The third-order valence-electron chi connectivity index (χ3n) is 4.24. The summed E-state index contributed by atoms with van der Waals surface area (Å²) in [5, 5.41) is 3.61. The average Bonchev–Trinajstić information content (AvgIpc) is 2.49. The molecule has 1 saturated heterocycles. The lowest BCUT2D eigenvalue weighted by atomic mass is 10.1. The van der Waals surface area contributed by atoms with E-state index in [1.807, 2.05) is 0 Å². The number of hydrogen-bond acceptors (Lipinski definition) is 2. The first kappa shape index (κ1) is 15.2. The van der Waals surface area contributed by atoms with E-state index in [4.69, 9.17) is 0 Å². The number of piperidine rings is 1. The molecule has 2 heteroatoms. The second-order valence-corrected chi connectivity index (χ2v) is 6.14. The van der Waals surface area contributed by atoms with Crippen LogP contribution >= 0.6 is 0 Å². The second kappa shape index (κ2) is 8.18. The number of benzene rings is 1. The summed E-state index contributed by atoms with van der Waals surface area (Å²) in [7, 11) is 0. The molecule has 0 aliphatic carbocycles. The van der Waals surface area contributed by atoms with Crippen molar-refractivity contribution in [3.63, 3.8) is 0 Å². The summed E-state index contributed by atoms with van der Waals surface area (Å²) in [5.74, 6) is 0. The minimum atomic E-state index is 0.572. The molecule has 0 saturated carbocycles. The predicted molar refractivity (Wildman–Crippen MR) is 89.7 cm³/mol. The van der Waals surface area contributed by atoms with E-state index in [0.717, 1.165) is 0 Å². The molecule has 2 nitrogen and oxygen atoms in total. The van der Waals surface area contributed by atoms with Gasteiger partial charge in [0, 0.05) is 30.5 Å². The lowest BCUT2D eigenvalue weighted by Crippen LogP contribution is -2.29. The van der Waals surface area contributed by atoms with Gasteiger partial charge in [0.05, 0.1) is 0 Å². The van der Waals surface area contributed by atoms with Gasteiger partial charge < -0.3 is 10.2 Å². The second-order valence-electron chi connectivity index (χ2n) is 6.14. The van der Waals surface area contributed by atoms with E-state index < -0.39 is 0 Å². The normalized spacial score (nSPS) is 17.0. The lowest BCUT2D eigenvalue weighted by Gasteiger charge is -2.29. The molecule has 20 heavy (non-hydrogen) atoms. The minimum Gasteiger partial charge on any atom is -0.383 e. The van der Waals surface area contributed by atoms with Gasteiger partial charge in [-0.05, 0) is 56.9 Å². The summed E-state index contributed by atoms with van der Waals surface area (Å²) in [5.41, 5.74) is 2.64. The number of nitrogens with one attached hydrogen (secondary N) is 1. The third kappa shape index (κ3) is 4.73. The highest BCUT2D eigenvalue weighted by Gasteiger charge is 2.10. The number of anilines is 2. The van der Waals surface area contributed by atoms with Crippen LogP contribution in [0.4, 0.5) is 11.4 Å². The van der Waals surface area contributed by atoms with Gasteiger partial charge in [-0.15, -0.1) is 0 Å². The van der Waals surface area contributed by atoms with Crippen molar-refractivity contribution < 1.29 is 0 Å². The van der Waals surface area contributed by atoms with Crippen LogP contribution in [-0.4, -0.2) is 19.1 Å². The van der Waals surface area contributed by atoms with Gasteiger partial charge >= 0.3 is 0 Å². The molecule has 1 aliphatic rings. The van der Waals surface area contributed by atoms with Crippen LogP contribution in [-0.2, 0) is 0 Å². The zero-order valence-electron chi connectivity index (χ0n) is 13.2. The van der Waals surface area contributed by atoms with Gasteiger partial charge in [-0.2, -0.15) is 0 Å². The molecule has 2 rings (SSSR count). The maximum atomic E-state index is 3.61. The van der Waals surface area contributed by atoms with Crippen molar-refractivity contribution in [2.45, 2.75) is 64.8 Å². The Labute approximate surface area is 124 Å². The molecular formula is C18H30N2. The Morgan fingerprint density at radius 3 is 2.40 bits per heavy atom. The van der Waals surface area contributed by atoms with Crippen LogP contribution in [0.1, 0.15) is 58.8 Å². The van der Waals surface area contributed by atoms with E-state index in [1.54, 1.807) is 0 Å². The summed E-state index contributed by atoms with van der Waals surface area (Å²) in [6.45, 7) is 6.99. The molecule has 1 atom stereocenters. The first-order chi connectivity index (χ1) is 9.79. The number of unbranched alkanes of at least 4 members (excludes halogenated alkanes) is 2. The molecule has 1 aliphatic heterocycles. The fourth-order valence-corrected chi connectivity index (χ4v) is 2.98. The fraction of sp³-hybridized carbons (Fsp3) is 0.667. The zero-order chi connectivity index (χ0) is 14.2. The molecule has 1 aromatic carbocycles. The summed E-state index contributed by atoms with van der Waals surface area (Å²) in [4.78, 5) is 2.51. The predicted octanol–water partition coefficient (Wildman–Crippen LogP) is 5.06. The van der Waals surface area contributed by atoms with Crippen LogP contribution in [0.3, 0.4) is 0 Å². The van der Waals surface area contributed by atoms with Crippen molar-refractivity contribution in [3.8, 4) is 0 Å². The molecule has 112 valence electrons. The van der Waals surface area contributed by atoms with E-state index in [-0.39, 0.29) is 0 Å². The van der Waals surface area contributed by atoms with E-state index in [9.17, 15) is 0 Å². The van der Waals surface area contributed by atoms with Crippen molar-refractivity contribution >= 4 is 11.4 Å². The summed E-state index contributed by atoms with van der Waals surface area (Å²) in [6.07, 6.45) is 9.32. The molecule has 0 bridgehead atoms. The van der Waals surface area contributed by atoms with Gasteiger partial charge in [-0.1, -0.05) is 26.2 Å². The number of nitrogens with zero attached hydrogens (tertiary/aromatic N) is 1. The van der Waals surface area contributed by atoms with Gasteiger partial charge in [0.2, 0.25) is 0 Å². The van der Waals surface area contributed by atoms with Gasteiger partial charge in [0.15, 0.2) is 0 Å². The van der Waals surface area contributed by atoms with E-state index in [0.29, 0.717) is 6.04 Å². The Morgan fingerprint density at radius 1 is 1.05 bits per heavy atom. The van der Waals surface area contributed by atoms with Crippen molar-refractivity contribution in [1.29, 1.82) is 0 Å². The molecule has 0 aromatic heterocycles. The Bertz CT molecular complexity index is 366. The smallest absolute Gasteiger partial charge is 0.0367 e. The minimum absolute atomic E-state index is 0.572. The molecule has 1 N–H and O–H groups in total. The number of hydrogen-bond donors (Lipinski definition) is 1. The first-order valence-electron chi connectivity index (χ1n) is 8.41. The monoisotopic (exact) mass is 274 g/mol. The van der Waals surface area contributed by atoms with Crippen LogP contribution in [0.5, 0.6) is 0 Å². The Morgan fingerprint density at radius 2 is 1.75 bits per heavy atom. The fourth-order valence-electron chi connectivity index (χ4n) is 2.98. The SMILES string of the molecule is CCCCCC(C)Nc1ccc(N2CCCCC2)cc1. The van der Waals surface area contributed by atoms with E-state index in [2.05, 4.69) is 48.3 Å². The van der Waals surface area contributed by atoms with Crippen LogP contribution in [0, 0.1) is 0 Å². The Hall–Kier alpha value is -1.18. The van der Waals surface area contributed by atoms with Crippen LogP contribution in [0.15, 0.2) is 24.3 Å². The van der Waals surface area contributed by atoms with Crippen LogP contribution < -0.4 is 10.2 Å². The number of rotatable bonds is 7. The Balaban J connectivity index is 1.81. The van der Waals surface area contributed by atoms with Crippen LogP contribution in [0.25, 0.3) is 0 Å². The topological polar surface area (TPSA) is 15.3 Å². The van der Waals surface area contributed by atoms with E-state index >= 15 is 0 Å². The molecule has 1 heterocycles. The molecule has 0 amide bonds.